The summed E-state index contributed by atoms with van der Waals surface area (Å²) in [5, 5.41) is 4.01. The van der Waals surface area contributed by atoms with Crippen LogP contribution in [0.2, 0.25) is 0 Å². The zero-order valence-electron chi connectivity index (χ0n) is 24.2. The van der Waals surface area contributed by atoms with Gasteiger partial charge in [0.2, 0.25) is 23.6 Å². The van der Waals surface area contributed by atoms with Gasteiger partial charge in [-0.3, -0.25) is 19.2 Å². The first kappa shape index (κ1) is 25.3. The molecule has 0 atom stereocenters. The summed E-state index contributed by atoms with van der Waals surface area (Å²) in [5.41, 5.74) is 5.18. The number of imide groups is 2. The molecule has 0 spiro atoms. The number of anilines is 2. The maximum Gasteiger partial charge on any atom is 0.238 e. The molecule has 0 bridgehead atoms. The molecule has 0 radical (unpaired) electrons. The van der Waals surface area contributed by atoms with E-state index in [0.29, 0.717) is 11.4 Å². The van der Waals surface area contributed by atoms with E-state index in [1.807, 2.05) is 60.7 Å². The minimum Gasteiger partial charge on any atom is -0.341 e. The first-order valence-electron chi connectivity index (χ1n) is 15.2. The fourth-order valence-electron chi connectivity index (χ4n) is 8.34. The molecule has 8 heteroatoms. The molecule has 4 heterocycles. The van der Waals surface area contributed by atoms with E-state index in [4.69, 9.17) is 0 Å². The van der Waals surface area contributed by atoms with Gasteiger partial charge in [-0.2, -0.15) is 0 Å². The molecule has 4 amide bonds. The molecule has 0 N–H and O–H groups in total. The number of para-hydroxylation sites is 2. The molecule has 2 aromatic heterocycles. The molecule has 2 saturated heterocycles. The second-order valence-electron chi connectivity index (χ2n) is 12.1. The van der Waals surface area contributed by atoms with Crippen molar-refractivity contribution in [2.45, 2.75) is 26.9 Å². The van der Waals surface area contributed by atoms with E-state index >= 15 is 0 Å². The molecule has 8 nitrogen and oxygen atoms in total. The highest BCUT2D eigenvalue weighted by molar-refractivity contribution is 6.32. The van der Waals surface area contributed by atoms with Crippen LogP contribution in [0.5, 0.6) is 0 Å². The van der Waals surface area contributed by atoms with E-state index in [2.05, 4.69) is 35.1 Å². The average Bonchev–Trinajstić information content (AvgIpc) is 3.65. The Morgan fingerprint density at radius 1 is 0.455 bits per heavy atom. The van der Waals surface area contributed by atoms with Crippen LogP contribution in [0.25, 0.3) is 43.6 Å². The van der Waals surface area contributed by atoms with Crippen molar-refractivity contribution in [1.29, 1.82) is 0 Å². The molecule has 6 aromatic rings. The zero-order chi connectivity index (χ0) is 30.0. The number of nitrogens with zero attached hydrogens (tertiary/aromatic N) is 4. The Kier molecular flexibility index (Phi) is 4.97. The minimum absolute atomic E-state index is 0.399. The Bertz CT molecular complexity index is 2080. The number of amides is 4. The molecule has 1 saturated carbocycles. The largest absolute Gasteiger partial charge is 0.341 e. The van der Waals surface area contributed by atoms with E-state index in [-0.39, 0.29) is 0 Å². The number of rotatable bonds is 4. The quantitative estimate of drug-likeness (QED) is 0.244. The van der Waals surface area contributed by atoms with E-state index in [1.54, 1.807) is 12.1 Å². The minimum atomic E-state index is -0.827. The fraction of sp³-hybridized carbons (Fsp3) is 0.222. The molecule has 216 valence electrons. The number of hydrogen-bond acceptors (Lipinski definition) is 4. The van der Waals surface area contributed by atoms with E-state index < -0.39 is 47.3 Å². The van der Waals surface area contributed by atoms with Crippen molar-refractivity contribution in [3.63, 3.8) is 0 Å². The summed E-state index contributed by atoms with van der Waals surface area (Å²) in [6, 6.07) is 27.4. The molecule has 44 heavy (non-hydrogen) atoms. The third kappa shape index (κ3) is 2.93. The molecule has 0 unspecified atom stereocenters. The van der Waals surface area contributed by atoms with Gasteiger partial charge in [0, 0.05) is 56.7 Å². The second kappa shape index (κ2) is 8.66. The maximum absolute atomic E-state index is 13.8. The second-order valence-corrected chi connectivity index (χ2v) is 12.1. The summed E-state index contributed by atoms with van der Waals surface area (Å²) in [7, 11) is 0. The van der Waals surface area contributed by atoms with Gasteiger partial charge in [0.25, 0.3) is 0 Å². The predicted molar refractivity (Wildman–Crippen MR) is 169 cm³/mol. The molecule has 3 fully saturated rings. The van der Waals surface area contributed by atoms with Crippen molar-refractivity contribution in [3.05, 3.63) is 84.9 Å². The van der Waals surface area contributed by atoms with Gasteiger partial charge >= 0.3 is 0 Å². The van der Waals surface area contributed by atoms with Crippen LogP contribution in [0.15, 0.2) is 84.9 Å². The number of hydrogen-bond donors (Lipinski definition) is 0. The topological polar surface area (TPSA) is 84.6 Å². The van der Waals surface area contributed by atoms with Crippen LogP contribution in [0.4, 0.5) is 11.4 Å². The molecule has 1 aliphatic carbocycles. The van der Waals surface area contributed by atoms with Gasteiger partial charge in [-0.15, -0.1) is 0 Å². The van der Waals surface area contributed by atoms with Crippen molar-refractivity contribution >= 4 is 78.6 Å². The van der Waals surface area contributed by atoms with Gasteiger partial charge in [0.05, 0.1) is 35.0 Å². The normalized spacial score (nSPS) is 23.0. The molecule has 9 rings (SSSR count). The van der Waals surface area contributed by atoms with E-state index in [9.17, 15) is 19.2 Å². The Morgan fingerprint density at radius 3 is 1.16 bits per heavy atom. The number of aromatic nitrogens is 2. The third-order valence-electron chi connectivity index (χ3n) is 10.2. The lowest BCUT2D eigenvalue weighted by molar-refractivity contribution is -0.146. The van der Waals surface area contributed by atoms with E-state index in [0.717, 1.165) is 56.7 Å². The first-order chi connectivity index (χ1) is 21.4. The first-order valence-corrected chi connectivity index (χ1v) is 15.2. The number of fused-ring (bicyclic) bond motifs is 10. The Morgan fingerprint density at radius 2 is 0.795 bits per heavy atom. The highest BCUT2D eigenvalue weighted by atomic mass is 16.2. The number of carbonyl (C=O) groups is 4. The summed E-state index contributed by atoms with van der Waals surface area (Å²) >= 11 is 0. The lowest BCUT2D eigenvalue weighted by Crippen LogP contribution is -2.50. The number of benzene rings is 4. The van der Waals surface area contributed by atoms with Crippen LogP contribution >= 0.6 is 0 Å². The van der Waals surface area contributed by atoms with Gasteiger partial charge in [0.15, 0.2) is 0 Å². The van der Waals surface area contributed by atoms with Crippen LogP contribution in [0.1, 0.15) is 13.8 Å². The lowest BCUT2D eigenvalue weighted by Gasteiger charge is -2.36. The van der Waals surface area contributed by atoms with Crippen LogP contribution < -0.4 is 9.80 Å². The molecular formula is C36H28N4O4. The summed E-state index contributed by atoms with van der Waals surface area (Å²) in [5.74, 6) is -4.90. The smallest absolute Gasteiger partial charge is 0.238 e. The zero-order valence-corrected chi connectivity index (χ0v) is 24.2. The standard InChI is InChI=1S/C36H28N4O4/c1-3-37-25-11-7-5-9-21(25)23-17-19(13-15-27(23)37)39-33(41)29-30(34(39)42)32-31(29)35(43)40(36(32)44)20-14-16-28-24(18-20)22-10-6-8-12-26(22)38(28)4-2/h5-18,29-32H,3-4H2,1-2H3. The molecule has 4 aromatic carbocycles. The molecular weight excluding hydrogens is 552 g/mol. The number of aryl methyl sites for hydroxylation is 2. The number of carbonyl (C=O) groups excluding carboxylic acids is 4. The molecule has 3 aliphatic rings. The van der Waals surface area contributed by atoms with Crippen molar-refractivity contribution < 1.29 is 19.2 Å². The van der Waals surface area contributed by atoms with Gasteiger partial charge in [-0.05, 0) is 62.4 Å². The Labute approximate surface area is 252 Å². The SMILES string of the molecule is CCn1c2ccccc2c2cc(N3C(=O)C4C(C3=O)C3C(=O)N(c5ccc6c(c5)c5ccccc5n6CC)C(=O)C43)ccc21. The predicted octanol–water partition coefficient (Wildman–Crippen LogP) is 5.87. The van der Waals surface area contributed by atoms with Crippen molar-refractivity contribution in [2.24, 2.45) is 23.7 Å². The summed E-state index contributed by atoms with van der Waals surface area (Å²) in [6.07, 6.45) is 0. The Hall–Kier alpha value is -5.24. The van der Waals surface area contributed by atoms with E-state index in [1.165, 1.54) is 9.80 Å². The fourth-order valence-corrected chi connectivity index (χ4v) is 8.34. The van der Waals surface area contributed by atoms with Crippen LogP contribution in [-0.2, 0) is 32.3 Å². The van der Waals surface area contributed by atoms with Crippen LogP contribution in [-0.4, -0.2) is 32.8 Å². The maximum atomic E-state index is 13.8. The van der Waals surface area contributed by atoms with Crippen LogP contribution in [0.3, 0.4) is 0 Å². The van der Waals surface area contributed by atoms with Crippen LogP contribution in [0, 0.1) is 23.7 Å². The molecule has 2 aliphatic heterocycles. The summed E-state index contributed by atoms with van der Waals surface area (Å²) in [6.45, 7) is 5.74. The Balaban J connectivity index is 1.08. The summed E-state index contributed by atoms with van der Waals surface area (Å²) in [4.78, 5) is 57.8. The van der Waals surface area contributed by atoms with Crippen molar-refractivity contribution in [3.8, 4) is 0 Å². The van der Waals surface area contributed by atoms with Crippen molar-refractivity contribution in [2.75, 3.05) is 9.80 Å². The van der Waals surface area contributed by atoms with Gasteiger partial charge < -0.3 is 9.13 Å². The van der Waals surface area contributed by atoms with Gasteiger partial charge in [-0.25, -0.2) is 9.80 Å². The monoisotopic (exact) mass is 580 g/mol. The lowest BCUT2D eigenvalue weighted by atomic mass is 9.59. The summed E-state index contributed by atoms with van der Waals surface area (Å²) < 4.78 is 4.42. The highest BCUT2D eigenvalue weighted by Gasteiger charge is 2.73. The average molecular weight is 581 g/mol. The van der Waals surface area contributed by atoms with Crippen molar-refractivity contribution in [1.82, 2.24) is 9.13 Å². The van der Waals surface area contributed by atoms with Gasteiger partial charge in [-0.1, -0.05) is 36.4 Å². The van der Waals surface area contributed by atoms with Gasteiger partial charge in [0.1, 0.15) is 0 Å². The highest BCUT2D eigenvalue weighted by Crippen LogP contribution is 2.58. The third-order valence-corrected chi connectivity index (χ3v) is 10.2.